The van der Waals surface area contributed by atoms with Crippen molar-refractivity contribution in [2.24, 2.45) is 0 Å². The van der Waals surface area contributed by atoms with Gasteiger partial charge in [0.1, 0.15) is 5.76 Å². The van der Waals surface area contributed by atoms with Gasteiger partial charge in [-0.15, -0.1) is 0 Å². The smallest absolute Gasteiger partial charge is 0.313 e. The Kier molecular flexibility index (Phi) is 2.98. The van der Waals surface area contributed by atoms with E-state index in [2.05, 4.69) is 10.2 Å². The first kappa shape index (κ1) is 12.4. The molecule has 20 heavy (non-hydrogen) atoms. The summed E-state index contributed by atoms with van der Waals surface area (Å²) in [6, 6.07) is 7.13. The molecule has 0 aliphatic carbocycles. The fourth-order valence-corrected chi connectivity index (χ4v) is 2.06. The van der Waals surface area contributed by atoms with Crippen LogP contribution < -0.4 is 0 Å². The van der Waals surface area contributed by atoms with Gasteiger partial charge in [0.15, 0.2) is 5.76 Å². The van der Waals surface area contributed by atoms with E-state index in [0.29, 0.717) is 12.3 Å². The highest BCUT2D eigenvalue weighted by Crippen LogP contribution is 2.12. The minimum atomic E-state index is -0.283. The van der Waals surface area contributed by atoms with Gasteiger partial charge in [-0.3, -0.25) is 9.48 Å². The number of carbonyl (C=O) groups excluding carboxylic acids is 1. The van der Waals surface area contributed by atoms with E-state index in [0.717, 1.165) is 11.4 Å². The molecule has 6 heteroatoms. The predicted octanol–water partition coefficient (Wildman–Crippen LogP) is 2.03. The molecule has 0 saturated carbocycles. The van der Waals surface area contributed by atoms with Gasteiger partial charge in [0.2, 0.25) is 0 Å². The van der Waals surface area contributed by atoms with E-state index in [1.54, 1.807) is 30.6 Å². The zero-order valence-corrected chi connectivity index (χ0v) is 11.3. The molecular weight excluding hydrogens is 256 g/mol. The van der Waals surface area contributed by atoms with Gasteiger partial charge < -0.3 is 4.42 Å². The molecule has 0 spiro atoms. The van der Waals surface area contributed by atoms with E-state index in [-0.39, 0.29) is 11.7 Å². The number of nitrogens with zero attached hydrogens (tertiary/aromatic N) is 4. The van der Waals surface area contributed by atoms with Crippen LogP contribution in [0.25, 0.3) is 0 Å². The van der Waals surface area contributed by atoms with Gasteiger partial charge in [-0.1, -0.05) is 0 Å². The zero-order valence-electron chi connectivity index (χ0n) is 11.3. The number of hydrogen-bond donors (Lipinski definition) is 0. The molecule has 0 amide bonds. The van der Waals surface area contributed by atoms with Crippen molar-refractivity contribution in [3.63, 3.8) is 0 Å². The molecule has 6 nitrogen and oxygen atoms in total. The summed E-state index contributed by atoms with van der Waals surface area (Å²) in [5.41, 5.74) is 2.01. The Morgan fingerprint density at radius 1 is 1.35 bits per heavy atom. The van der Waals surface area contributed by atoms with Crippen LogP contribution in [0.4, 0.5) is 0 Å². The molecule has 3 heterocycles. The van der Waals surface area contributed by atoms with Crippen molar-refractivity contribution in [1.29, 1.82) is 0 Å². The van der Waals surface area contributed by atoms with Gasteiger partial charge in [0.05, 0.1) is 12.2 Å². The lowest BCUT2D eigenvalue weighted by atomic mass is 10.4. The summed E-state index contributed by atoms with van der Waals surface area (Å²) in [5, 5.41) is 8.26. The monoisotopic (exact) mass is 270 g/mol. The van der Waals surface area contributed by atoms with E-state index in [1.165, 1.54) is 4.68 Å². The molecule has 3 aromatic rings. The van der Waals surface area contributed by atoms with Gasteiger partial charge in [0, 0.05) is 18.1 Å². The lowest BCUT2D eigenvalue weighted by Gasteiger charge is -2.01. The van der Waals surface area contributed by atoms with E-state index in [4.69, 9.17) is 4.42 Å². The fourth-order valence-electron chi connectivity index (χ4n) is 2.06. The third kappa shape index (κ3) is 2.27. The van der Waals surface area contributed by atoms with Crippen molar-refractivity contribution < 1.29 is 9.21 Å². The van der Waals surface area contributed by atoms with Gasteiger partial charge in [-0.25, -0.2) is 4.68 Å². The van der Waals surface area contributed by atoms with Gasteiger partial charge in [-0.2, -0.15) is 10.2 Å². The standard InChI is InChI=1S/C14H14N4O2/c1-10-8-11(2)18(16-10)9-12-4-5-13(20-12)14(19)17-7-3-6-15-17/h3-8H,9H2,1-2H3. The third-order valence-corrected chi connectivity index (χ3v) is 2.99. The van der Waals surface area contributed by atoms with Crippen LogP contribution in [-0.4, -0.2) is 25.5 Å². The van der Waals surface area contributed by atoms with Crippen LogP contribution in [0.15, 0.2) is 41.1 Å². The molecule has 3 aromatic heterocycles. The first-order valence-corrected chi connectivity index (χ1v) is 6.27. The number of hydrogen-bond acceptors (Lipinski definition) is 4. The molecule has 0 bridgehead atoms. The molecular formula is C14H14N4O2. The zero-order chi connectivity index (χ0) is 14.1. The van der Waals surface area contributed by atoms with Crippen molar-refractivity contribution in [3.05, 3.63) is 59.6 Å². The molecule has 0 unspecified atom stereocenters. The number of furan rings is 1. The molecule has 0 aromatic carbocycles. The SMILES string of the molecule is Cc1cc(C)n(Cc2ccc(C(=O)n3cccn3)o2)n1. The Morgan fingerprint density at radius 2 is 2.20 bits per heavy atom. The maximum absolute atomic E-state index is 12.0. The minimum Gasteiger partial charge on any atom is -0.454 e. The Labute approximate surface area is 115 Å². The van der Waals surface area contributed by atoms with E-state index in [9.17, 15) is 4.79 Å². The minimum absolute atomic E-state index is 0.269. The molecule has 0 fully saturated rings. The van der Waals surface area contributed by atoms with E-state index in [1.807, 2.05) is 24.6 Å². The van der Waals surface area contributed by atoms with Gasteiger partial charge in [0.25, 0.3) is 0 Å². The maximum atomic E-state index is 12.0. The van der Waals surface area contributed by atoms with E-state index < -0.39 is 0 Å². The summed E-state index contributed by atoms with van der Waals surface area (Å²) < 4.78 is 8.65. The second-order valence-corrected chi connectivity index (χ2v) is 4.61. The second kappa shape index (κ2) is 4.80. The van der Waals surface area contributed by atoms with Crippen molar-refractivity contribution in [1.82, 2.24) is 19.6 Å². The van der Waals surface area contributed by atoms with Crippen molar-refractivity contribution in [2.45, 2.75) is 20.4 Å². The van der Waals surface area contributed by atoms with Crippen molar-refractivity contribution in [3.8, 4) is 0 Å². The Bertz CT molecular complexity index is 737. The average Bonchev–Trinajstić information content (AvgIpc) is 3.12. The summed E-state index contributed by atoms with van der Waals surface area (Å²) >= 11 is 0. The van der Waals surface area contributed by atoms with Crippen LogP contribution in [0, 0.1) is 13.8 Å². The normalized spacial score (nSPS) is 10.9. The van der Waals surface area contributed by atoms with Crippen molar-refractivity contribution >= 4 is 5.91 Å². The molecule has 0 aliphatic rings. The molecule has 0 N–H and O–H groups in total. The quantitative estimate of drug-likeness (QED) is 0.730. The topological polar surface area (TPSA) is 65.8 Å². The van der Waals surface area contributed by atoms with E-state index >= 15 is 0 Å². The number of carbonyl (C=O) groups is 1. The molecule has 3 rings (SSSR count). The molecule has 102 valence electrons. The third-order valence-electron chi connectivity index (χ3n) is 2.99. The highest BCUT2D eigenvalue weighted by Gasteiger charge is 2.14. The maximum Gasteiger partial charge on any atom is 0.313 e. The summed E-state index contributed by atoms with van der Waals surface area (Å²) in [4.78, 5) is 12.0. The summed E-state index contributed by atoms with van der Waals surface area (Å²) in [6.07, 6.45) is 3.14. The molecule has 0 atom stereocenters. The number of aryl methyl sites for hydroxylation is 2. The summed E-state index contributed by atoms with van der Waals surface area (Å²) in [7, 11) is 0. The van der Waals surface area contributed by atoms with Gasteiger partial charge >= 0.3 is 5.91 Å². The number of rotatable bonds is 3. The average molecular weight is 270 g/mol. The van der Waals surface area contributed by atoms with Crippen LogP contribution in [-0.2, 0) is 6.54 Å². The first-order chi connectivity index (χ1) is 9.63. The Morgan fingerprint density at radius 3 is 2.85 bits per heavy atom. The van der Waals surface area contributed by atoms with Gasteiger partial charge in [-0.05, 0) is 38.1 Å². The van der Waals surface area contributed by atoms with Crippen LogP contribution >= 0.6 is 0 Å². The van der Waals surface area contributed by atoms with Crippen molar-refractivity contribution in [2.75, 3.05) is 0 Å². The lowest BCUT2D eigenvalue weighted by Crippen LogP contribution is -2.11. The predicted molar refractivity (Wildman–Crippen MR) is 71.5 cm³/mol. The first-order valence-electron chi connectivity index (χ1n) is 6.27. The highest BCUT2D eigenvalue weighted by atomic mass is 16.4. The van der Waals surface area contributed by atoms with Crippen LogP contribution in [0.3, 0.4) is 0 Å². The Hall–Kier alpha value is -2.63. The fraction of sp³-hybridized carbons (Fsp3) is 0.214. The van der Waals surface area contributed by atoms with Crippen LogP contribution in [0.2, 0.25) is 0 Å². The molecule has 0 radical (unpaired) electrons. The lowest BCUT2D eigenvalue weighted by molar-refractivity contribution is 0.0915. The summed E-state index contributed by atoms with van der Waals surface area (Å²) in [5.74, 6) is 0.673. The number of aromatic nitrogens is 4. The largest absolute Gasteiger partial charge is 0.454 e. The van der Waals surface area contributed by atoms with Crippen LogP contribution in [0.1, 0.15) is 27.7 Å². The summed E-state index contributed by atoms with van der Waals surface area (Å²) in [6.45, 7) is 4.43. The van der Waals surface area contributed by atoms with Crippen LogP contribution in [0.5, 0.6) is 0 Å². The molecule has 0 aliphatic heterocycles. The highest BCUT2D eigenvalue weighted by molar-refractivity contribution is 5.92. The second-order valence-electron chi connectivity index (χ2n) is 4.61. The molecule has 0 saturated heterocycles. The Balaban J connectivity index is 1.80.